The van der Waals surface area contributed by atoms with Crippen molar-refractivity contribution in [1.29, 1.82) is 0 Å². The maximum Gasteiger partial charge on any atom is 0.336 e. The molecule has 1 fully saturated rings. The number of dihydropyridines is 1. The number of nitrogens with one attached hydrogen (secondary N) is 1. The van der Waals surface area contributed by atoms with Crippen molar-refractivity contribution in [3.63, 3.8) is 0 Å². The molecule has 0 unspecified atom stereocenters. The predicted octanol–water partition coefficient (Wildman–Crippen LogP) is 3.41. The lowest BCUT2D eigenvalue weighted by Gasteiger charge is -2.39. The Morgan fingerprint density at radius 2 is 2.21 bits per heavy atom. The summed E-state index contributed by atoms with van der Waals surface area (Å²) >= 11 is 0. The third-order valence-electron chi connectivity index (χ3n) is 5.90. The van der Waals surface area contributed by atoms with E-state index in [1.807, 2.05) is 19.1 Å². The second kappa shape index (κ2) is 7.75. The van der Waals surface area contributed by atoms with Gasteiger partial charge >= 0.3 is 5.97 Å². The van der Waals surface area contributed by atoms with Gasteiger partial charge in [0.05, 0.1) is 11.7 Å². The number of aromatic nitrogens is 1. The average molecular weight is 396 g/mol. The van der Waals surface area contributed by atoms with E-state index in [2.05, 4.69) is 24.1 Å². The van der Waals surface area contributed by atoms with Gasteiger partial charge in [-0.1, -0.05) is 19.9 Å². The maximum absolute atomic E-state index is 13.2. The summed E-state index contributed by atoms with van der Waals surface area (Å²) in [5.41, 5.74) is 3.53. The number of hydrogen-bond donors (Lipinski definition) is 1. The van der Waals surface area contributed by atoms with Crippen molar-refractivity contribution < 1.29 is 19.1 Å². The molecule has 0 aromatic carbocycles. The van der Waals surface area contributed by atoms with Crippen LogP contribution in [0.1, 0.15) is 57.9 Å². The van der Waals surface area contributed by atoms with Crippen molar-refractivity contribution in [1.82, 2.24) is 10.3 Å². The molecular weight excluding hydrogens is 368 g/mol. The molecule has 0 saturated carbocycles. The van der Waals surface area contributed by atoms with Crippen LogP contribution in [0, 0.1) is 5.41 Å². The molecule has 2 atom stereocenters. The van der Waals surface area contributed by atoms with E-state index in [-0.39, 0.29) is 23.9 Å². The Bertz CT molecular complexity index is 879. The molecule has 3 heterocycles. The molecule has 29 heavy (non-hydrogen) atoms. The highest BCUT2D eigenvalue weighted by molar-refractivity contribution is 6.04. The van der Waals surface area contributed by atoms with Gasteiger partial charge in [-0.3, -0.25) is 9.78 Å². The number of rotatable bonds is 4. The van der Waals surface area contributed by atoms with Gasteiger partial charge in [0.2, 0.25) is 0 Å². The monoisotopic (exact) mass is 396 g/mol. The highest BCUT2D eigenvalue weighted by Gasteiger charge is 2.43. The first-order chi connectivity index (χ1) is 13.9. The fourth-order valence-electron chi connectivity index (χ4n) is 4.61. The van der Waals surface area contributed by atoms with Gasteiger partial charge in [0.25, 0.3) is 0 Å². The largest absolute Gasteiger partial charge is 0.459 e. The van der Waals surface area contributed by atoms with E-state index in [0.717, 1.165) is 36.2 Å². The minimum atomic E-state index is -0.458. The van der Waals surface area contributed by atoms with Crippen LogP contribution in [0.15, 0.2) is 47.1 Å². The van der Waals surface area contributed by atoms with E-state index in [1.165, 1.54) is 0 Å². The van der Waals surface area contributed by atoms with Crippen molar-refractivity contribution in [2.75, 3.05) is 13.2 Å². The van der Waals surface area contributed by atoms with Crippen LogP contribution in [0.3, 0.4) is 0 Å². The van der Waals surface area contributed by atoms with Crippen LogP contribution in [0.25, 0.3) is 0 Å². The van der Waals surface area contributed by atoms with Gasteiger partial charge in [0.1, 0.15) is 6.61 Å². The van der Waals surface area contributed by atoms with Crippen molar-refractivity contribution in [2.24, 2.45) is 5.41 Å². The number of esters is 1. The lowest BCUT2D eigenvalue weighted by Crippen LogP contribution is -2.39. The highest BCUT2D eigenvalue weighted by Crippen LogP contribution is 2.46. The lowest BCUT2D eigenvalue weighted by molar-refractivity contribution is -0.142. The van der Waals surface area contributed by atoms with Gasteiger partial charge in [-0.05, 0) is 43.2 Å². The summed E-state index contributed by atoms with van der Waals surface area (Å²) in [5.74, 6) is -0.779. The van der Waals surface area contributed by atoms with Gasteiger partial charge in [-0.2, -0.15) is 0 Å². The predicted molar refractivity (Wildman–Crippen MR) is 108 cm³/mol. The number of hydrogen-bond acceptors (Lipinski definition) is 6. The molecule has 1 aromatic rings. The lowest BCUT2D eigenvalue weighted by atomic mass is 9.69. The first kappa shape index (κ1) is 19.8. The summed E-state index contributed by atoms with van der Waals surface area (Å²) < 4.78 is 11.2. The van der Waals surface area contributed by atoms with Gasteiger partial charge in [-0.25, -0.2) is 4.79 Å². The molecule has 1 saturated heterocycles. The second-order valence-corrected chi connectivity index (χ2v) is 8.95. The quantitative estimate of drug-likeness (QED) is 0.786. The van der Waals surface area contributed by atoms with Crippen LogP contribution in [0.2, 0.25) is 0 Å². The number of ketones is 1. The van der Waals surface area contributed by atoms with E-state index >= 15 is 0 Å². The maximum atomic E-state index is 13.2. The van der Waals surface area contributed by atoms with Crippen LogP contribution in [0.5, 0.6) is 0 Å². The summed E-state index contributed by atoms with van der Waals surface area (Å²) in [4.78, 5) is 30.5. The molecule has 0 bridgehead atoms. The van der Waals surface area contributed by atoms with Crippen LogP contribution in [-0.4, -0.2) is 36.1 Å². The normalized spacial score (nSPS) is 26.2. The first-order valence-electron chi connectivity index (χ1n) is 10.3. The van der Waals surface area contributed by atoms with E-state index in [9.17, 15) is 9.59 Å². The molecule has 0 radical (unpaired) electrons. The zero-order valence-electron chi connectivity index (χ0n) is 17.3. The van der Waals surface area contributed by atoms with Gasteiger partial charge in [0, 0.05) is 48.3 Å². The highest BCUT2D eigenvalue weighted by atomic mass is 16.6. The van der Waals surface area contributed by atoms with Gasteiger partial charge < -0.3 is 14.8 Å². The zero-order valence-corrected chi connectivity index (χ0v) is 17.3. The van der Waals surface area contributed by atoms with Crippen LogP contribution < -0.4 is 5.32 Å². The molecule has 6 heteroatoms. The van der Waals surface area contributed by atoms with Crippen molar-refractivity contribution >= 4 is 11.8 Å². The summed E-state index contributed by atoms with van der Waals surface area (Å²) in [6.07, 6.45) is 6.50. The second-order valence-electron chi connectivity index (χ2n) is 8.95. The molecule has 0 amide bonds. The minimum Gasteiger partial charge on any atom is -0.459 e. The molecule has 4 rings (SSSR count). The van der Waals surface area contributed by atoms with Crippen LogP contribution >= 0.6 is 0 Å². The van der Waals surface area contributed by atoms with Crippen LogP contribution in [0.4, 0.5) is 0 Å². The van der Waals surface area contributed by atoms with Crippen molar-refractivity contribution in [2.45, 2.75) is 58.5 Å². The molecule has 1 aromatic heterocycles. The fraction of sp³-hybridized carbons (Fsp3) is 0.522. The molecule has 0 spiro atoms. The van der Waals surface area contributed by atoms with Gasteiger partial charge in [0.15, 0.2) is 5.78 Å². The van der Waals surface area contributed by atoms with E-state index < -0.39 is 11.9 Å². The number of nitrogens with zero attached hydrogens (tertiary/aromatic N) is 1. The first-order valence-corrected chi connectivity index (χ1v) is 10.3. The fourth-order valence-corrected chi connectivity index (χ4v) is 4.61. The topological polar surface area (TPSA) is 77.5 Å². The van der Waals surface area contributed by atoms with E-state index in [4.69, 9.17) is 9.47 Å². The summed E-state index contributed by atoms with van der Waals surface area (Å²) in [7, 11) is 0. The molecule has 1 N–H and O–H groups in total. The standard InChI is InChI=1S/C23H28N2O4/c1-14-19(22(27)29-13-16-7-5-9-28-16)20(15-6-4-8-24-12-15)21-17(25-14)10-23(2,3)11-18(21)26/h4,6,8,12,16,20,25H,5,7,9-11,13H2,1-3H3/t16-,20-/m1/s1. The SMILES string of the molecule is CC1=C(C(=O)OC[C@H]2CCCO2)[C@@H](c2cccnc2)C2=C(CC(C)(C)CC2=O)N1. The van der Waals surface area contributed by atoms with E-state index in [0.29, 0.717) is 24.2 Å². The molecule has 2 aliphatic heterocycles. The Labute approximate surface area is 171 Å². The average Bonchev–Trinajstić information content (AvgIpc) is 3.18. The third kappa shape index (κ3) is 3.99. The molecular formula is C23H28N2O4. The Balaban J connectivity index is 1.70. The number of carbonyl (C=O) groups excluding carboxylic acids is 2. The summed E-state index contributed by atoms with van der Waals surface area (Å²) in [6.45, 7) is 7.02. The Morgan fingerprint density at radius 3 is 2.90 bits per heavy atom. The molecule has 3 aliphatic rings. The molecule has 6 nitrogen and oxygen atoms in total. The summed E-state index contributed by atoms with van der Waals surface area (Å²) in [6, 6.07) is 3.75. The number of carbonyl (C=O) groups is 2. The number of ether oxygens (including phenoxy) is 2. The number of allylic oxidation sites excluding steroid dienone is 3. The summed E-state index contributed by atoms with van der Waals surface area (Å²) in [5, 5.41) is 3.35. The van der Waals surface area contributed by atoms with Crippen LogP contribution in [-0.2, 0) is 19.1 Å². The Morgan fingerprint density at radius 1 is 1.38 bits per heavy atom. The third-order valence-corrected chi connectivity index (χ3v) is 5.90. The minimum absolute atomic E-state index is 0.0415. The zero-order chi connectivity index (χ0) is 20.6. The van der Waals surface area contributed by atoms with Gasteiger partial charge in [-0.15, -0.1) is 0 Å². The Kier molecular flexibility index (Phi) is 5.30. The van der Waals surface area contributed by atoms with E-state index in [1.54, 1.807) is 12.4 Å². The number of pyridine rings is 1. The smallest absolute Gasteiger partial charge is 0.336 e. The molecule has 1 aliphatic carbocycles. The Hall–Kier alpha value is -2.47. The molecule has 154 valence electrons. The van der Waals surface area contributed by atoms with Crippen molar-refractivity contribution in [3.8, 4) is 0 Å². The number of Topliss-reactive ketones (excluding diaryl/α,β-unsaturated/α-hetero) is 1. The van der Waals surface area contributed by atoms with Crippen molar-refractivity contribution in [3.05, 3.63) is 52.6 Å².